The van der Waals surface area contributed by atoms with Crippen LogP contribution in [0.2, 0.25) is 10.0 Å². The van der Waals surface area contributed by atoms with Crippen LogP contribution in [0.3, 0.4) is 0 Å². The molecule has 2 aromatic rings. The van der Waals surface area contributed by atoms with Gasteiger partial charge in [-0.15, -0.1) is 11.8 Å². The second-order valence-corrected chi connectivity index (χ2v) is 7.54. The van der Waals surface area contributed by atoms with Gasteiger partial charge in [0.15, 0.2) is 0 Å². The molecule has 1 amide bonds. The molecule has 1 heterocycles. The Hall–Kier alpha value is -1.16. The SMILES string of the molecule is Cc1ccccc1N1C(=O)C(C)SC1c1ccc(Cl)c(Cl)c1. The highest BCUT2D eigenvalue weighted by molar-refractivity contribution is 8.01. The number of halogens is 2. The van der Waals surface area contributed by atoms with Crippen LogP contribution in [0.5, 0.6) is 0 Å². The van der Waals surface area contributed by atoms with Crippen LogP contribution in [0.4, 0.5) is 5.69 Å². The van der Waals surface area contributed by atoms with E-state index in [0.717, 1.165) is 16.8 Å². The average molecular weight is 352 g/mol. The summed E-state index contributed by atoms with van der Waals surface area (Å²) in [5, 5.41) is 0.865. The van der Waals surface area contributed by atoms with Crippen molar-refractivity contribution in [3.05, 3.63) is 63.6 Å². The number of nitrogens with zero attached hydrogens (tertiary/aromatic N) is 1. The highest BCUT2D eigenvalue weighted by Gasteiger charge is 2.40. The Morgan fingerprint density at radius 1 is 1.09 bits per heavy atom. The van der Waals surface area contributed by atoms with Crippen LogP contribution in [-0.2, 0) is 4.79 Å². The predicted molar refractivity (Wildman–Crippen MR) is 94.9 cm³/mol. The van der Waals surface area contributed by atoms with E-state index in [1.807, 2.05) is 55.1 Å². The van der Waals surface area contributed by atoms with E-state index >= 15 is 0 Å². The summed E-state index contributed by atoms with van der Waals surface area (Å²) >= 11 is 13.8. The normalized spacial score (nSPS) is 21.5. The minimum atomic E-state index is -0.0848. The third-order valence-electron chi connectivity index (χ3n) is 3.76. The smallest absolute Gasteiger partial charge is 0.241 e. The molecule has 0 spiro atoms. The van der Waals surface area contributed by atoms with Gasteiger partial charge in [0.25, 0.3) is 0 Å². The lowest BCUT2D eigenvalue weighted by Gasteiger charge is -2.26. The van der Waals surface area contributed by atoms with Crippen LogP contribution in [0.15, 0.2) is 42.5 Å². The van der Waals surface area contributed by atoms with Crippen molar-refractivity contribution in [2.45, 2.75) is 24.5 Å². The molecule has 114 valence electrons. The molecule has 1 aliphatic rings. The topological polar surface area (TPSA) is 20.3 Å². The van der Waals surface area contributed by atoms with E-state index < -0.39 is 0 Å². The van der Waals surface area contributed by atoms with Gasteiger partial charge in [-0.05, 0) is 43.2 Å². The molecule has 3 rings (SSSR count). The van der Waals surface area contributed by atoms with E-state index in [1.165, 1.54) is 0 Å². The fourth-order valence-corrected chi connectivity index (χ4v) is 4.16. The third kappa shape index (κ3) is 2.73. The maximum atomic E-state index is 12.6. The van der Waals surface area contributed by atoms with Gasteiger partial charge < -0.3 is 0 Å². The number of benzene rings is 2. The molecular weight excluding hydrogens is 337 g/mol. The van der Waals surface area contributed by atoms with Crippen molar-refractivity contribution >= 4 is 46.6 Å². The first-order chi connectivity index (χ1) is 10.5. The summed E-state index contributed by atoms with van der Waals surface area (Å²) in [6.45, 7) is 3.96. The number of hydrogen-bond acceptors (Lipinski definition) is 2. The average Bonchev–Trinajstić information content (AvgIpc) is 2.79. The summed E-state index contributed by atoms with van der Waals surface area (Å²) in [7, 11) is 0. The number of carbonyl (C=O) groups is 1. The molecule has 0 saturated carbocycles. The molecule has 1 saturated heterocycles. The van der Waals surface area contributed by atoms with Gasteiger partial charge >= 0.3 is 0 Å². The zero-order valence-corrected chi connectivity index (χ0v) is 14.5. The van der Waals surface area contributed by atoms with Gasteiger partial charge in [0, 0.05) is 5.69 Å². The summed E-state index contributed by atoms with van der Waals surface area (Å²) in [6.07, 6.45) is 0. The first-order valence-electron chi connectivity index (χ1n) is 6.98. The van der Waals surface area contributed by atoms with Gasteiger partial charge in [-0.3, -0.25) is 9.69 Å². The van der Waals surface area contributed by atoms with Crippen molar-refractivity contribution in [2.24, 2.45) is 0 Å². The van der Waals surface area contributed by atoms with Gasteiger partial charge in [-0.25, -0.2) is 0 Å². The van der Waals surface area contributed by atoms with Crippen molar-refractivity contribution in [3.8, 4) is 0 Å². The van der Waals surface area contributed by atoms with Gasteiger partial charge in [0.1, 0.15) is 5.37 Å². The van der Waals surface area contributed by atoms with E-state index in [9.17, 15) is 4.79 Å². The number of anilines is 1. The van der Waals surface area contributed by atoms with Gasteiger partial charge in [0.05, 0.1) is 15.3 Å². The van der Waals surface area contributed by atoms with Gasteiger partial charge in [-0.1, -0.05) is 47.5 Å². The molecule has 5 heteroatoms. The first-order valence-corrected chi connectivity index (χ1v) is 8.68. The maximum Gasteiger partial charge on any atom is 0.241 e. The van der Waals surface area contributed by atoms with Crippen LogP contribution < -0.4 is 4.90 Å². The molecule has 2 aromatic carbocycles. The lowest BCUT2D eigenvalue weighted by molar-refractivity contribution is -0.117. The lowest BCUT2D eigenvalue weighted by atomic mass is 10.1. The molecule has 22 heavy (non-hydrogen) atoms. The minimum Gasteiger partial charge on any atom is -0.295 e. The zero-order chi connectivity index (χ0) is 15.9. The molecule has 0 bridgehead atoms. The Kier molecular flexibility index (Phi) is 4.40. The summed E-state index contributed by atoms with van der Waals surface area (Å²) < 4.78 is 0. The third-order valence-corrected chi connectivity index (χ3v) is 5.85. The van der Waals surface area contributed by atoms with E-state index in [-0.39, 0.29) is 16.5 Å². The molecule has 0 aliphatic carbocycles. The number of carbonyl (C=O) groups excluding carboxylic acids is 1. The molecule has 0 N–H and O–H groups in total. The highest BCUT2D eigenvalue weighted by atomic mass is 35.5. The molecule has 1 fully saturated rings. The van der Waals surface area contributed by atoms with Crippen molar-refractivity contribution in [1.82, 2.24) is 0 Å². The Morgan fingerprint density at radius 2 is 1.82 bits per heavy atom. The lowest BCUT2D eigenvalue weighted by Crippen LogP contribution is -2.30. The van der Waals surface area contributed by atoms with E-state index in [2.05, 4.69) is 0 Å². The molecular formula is C17H15Cl2NOS. The molecule has 2 unspecified atom stereocenters. The highest BCUT2D eigenvalue weighted by Crippen LogP contribution is 2.46. The van der Waals surface area contributed by atoms with Crippen LogP contribution in [-0.4, -0.2) is 11.2 Å². The standard InChI is InChI=1S/C17H15Cl2NOS/c1-10-5-3-4-6-15(10)20-16(21)11(2)22-17(20)12-7-8-13(18)14(19)9-12/h3-9,11,17H,1-2H3. The fourth-order valence-electron chi connectivity index (χ4n) is 2.60. The Bertz CT molecular complexity index is 734. The molecule has 2 nitrogen and oxygen atoms in total. The first kappa shape index (κ1) is 15.7. The van der Waals surface area contributed by atoms with Gasteiger partial charge in [-0.2, -0.15) is 0 Å². The molecule has 0 radical (unpaired) electrons. The van der Waals surface area contributed by atoms with Crippen molar-refractivity contribution < 1.29 is 4.79 Å². The predicted octanol–water partition coefficient (Wildman–Crippen LogP) is 5.47. The molecule has 2 atom stereocenters. The summed E-state index contributed by atoms with van der Waals surface area (Å²) in [5.41, 5.74) is 3.01. The summed E-state index contributed by atoms with van der Waals surface area (Å²) in [5.74, 6) is 0.121. The van der Waals surface area contributed by atoms with Crippen LogP contribution >= 0.6 is 35.0 Å². The Morgan fingerprint density at radius 3 is 2.50 bits per heavy atom. The van der Waals surface area contributed by atoms with Crippen LogP contribution in [0.25, 0.3) is 0 Å². The van der Waals surface area contributed by atoms with E-state index in [4.69, 9.17) is 23.2 Å². The van der Waals surface area contributed by atoms with Crippen molar-refractivity contribution in [3.63, 3.8) is 0 Å². The monoisotopic (exact) mass is 351 g/mol. The number of rotatable bonds is 2. The zero-order valence-electron chi connectivity index (χ0n) is 12.2. The fraction of sp³-hybridized carbons (Fsp3) is 0.235. The van der Waals surface area contributed by atoms with Crippen molar-refractivity contribution in [1.29, 1.82) is 0 Å². The van der Waals surface area contributed by atoms with Crippen LogP contribution in [0.1, 0.15) is 23.4 Å². The summed E-state index contributed by atoms with van der Waals surface area (Å²) in [4.78, 5) is 14.5. The largest absolute Gasteiger partial charge is 0.295 e. The molecule has 0 aromatic heterocycles. The van der Waals surface area contributed by atoms with E-state index in [0.29, 0.717) is 10.0 Å². The van der Waals surface area contributed by atoms with Gasteiger partial charge in [0.2, 0.25) is 5.91 Å². The molecule has 1 aliphatic heterocycles. The summed E-state index contributed by atoms with van der Waals surface area (Å²) in [6, 6.07) is 13.5. The second-order valence-electron chi connectivity index (χ2n) is 5.30. The number of aryl methyl sites for hydroxylation is 1. The number of amides is 1. The quantitative estimate of drug-likeness (QED) is 0.714. The number of hydrogen-bond donors (Lipinski definition) is 0. The Balaban J connectivity index is 2.07. The number of para-hydroxylation sites is 1. The minimum absolute atomic E-state index is 0.0842. The van der Waals surface area contributed by atoms with E-state index in [1.54, 1.807) is 17.8 Å². The van der Waals surface area contributed by atoms with Crippen molar-refractivity contribution in [2.75, 3.05) is 4.90 Å². The maximum absolute atomic E-state index is 12.6. The number of thioether (sulfide) groups is 1. The van der Waals surface area contributed by atoms with Crippen LogP contribution in [0, 0.1) is 6.92 Å². The second kappa shape index (κ2) is 6.15. The Labute approximate surface area is 144 Å².